The van der Waals surface area contributed by atoms with Crippen LogP contribution in [0, 0.1) is 6.92 Å². The van der Waals surface area contributed by atoms with Gasteiger partial charge in [0.05, 0.1) is 11.8 Å². The molecule has 1 fully saturated rings. The zero-order valence-corrected chi connectivity index (χ0v) is 12.5. The lowest BCUT2D eigenvalue weighted by molar-refractivity contribution is 0.0711. The van der Waals surface area contributed by atoms with Gasteiger partial charge in [0.25, 0.3) is 5.91 Å². The Morgan fingerprint density at radius 2 is 2.00 bits per heavy atom. The standard InChI is InChI=1S/C13H19N3O3S/c1-10-3-4-11(9-14-10)13(17)16-7-5-12(6-8-16)15-20(2,18)19/h3-4,9,12,15H,5-8H2,1-2H3. The molecule has 0 aliphatic carbocycles. The number of likely N-dealkylation sites (tertiary alicyclic amines) is 1. The molecule has 1 N–H and O–H groups in total. The highest BCUT2D eigenvalue weighted by Crippen LogP contribution is 2.14. The van der Waals surface area contributed by atoms with Crippen molar-refractivity contribution in [1.82, 2.24) is 14.6 Å². The number of amides is 1. The summed E-state index contributed by atoms with van der Waals surface area (Å²) in [5.41, 5.74) is 1.45. The maximum atomic E-state index is 12.3. The summed E-state index contributed by atoms with van der Waals surface area (Å²) in [6, 6.07) is 3.50. The van der Waals surface area contributed by atoms with E-state index < -0.39 is 10.0 Å². The van der Waals surface area contributed by atoms with Crippen LogP contribution in [0.1, 0.15) is 28.9 Å². The van der Waals surface area contributed by atoms with E-state index in [2.05, 4.69) is 9.71 Å². The van der Waals surface area contributed by atoms with Crippen molar-refractivity contribution in [3.8, 4) is 0 Å². The van der Waals surface area contributed by atoms with Crippen molar-refractivity contribution in [1.29, 1.82) is 0 Å². The van der Waals surface area contributed by atoms with Crippen LogP contribution < -0.4 is 4.72 Å². The minimum Gasteiger partial charge on any atom is -0.338 e. The Hall–Kier alpha value is -1.47. The second-order valence-corrected chi connectivity index (χ2v) is 6.92. The van der Waals surface area contributed by atoms with E-state index in [1.165, 1.54) is 0 Å². The van der Waals surface area contributed by atoms with Crippen LogP contribution in [0.5, 0.6) is 0 Å². The van der Waals surface area contributed by atoms with Crippen LogP contribution in [0.25, 0.3) is 0 Å². The van der Waals surface area contributed by atoms with Gasteiger partial charge in [0, 0.05) is 31.0 Å². The Morgan fingerprint density at radius 3 is 2.50 bits per heavy atom. The van der Waals surface area contributed by atoms with Crippen molar-refractivity contribution in [2.45, 2.75) is 25.8 Å². The second kappa shape index (κ2) is 5.88. The first kappa shape index (κ1) is 14.9. The third kappa shape index (κ3) is 4.01. The highest BCUT2D eigenvalue weighted by atomic mass is 32.2. The first-order chi connectivity index (χ1) is 9.35. The first-order valence-electron chi connectivity index (χ1n) is 6.54. The first-order valence-corrected chi connectivity index (χ1v) is 8.43. The number of nitrogens with zero attached hydrogens (tertiary/aromatic N) is 2. The van der Waals surface area contributed by atoms with E-state index in [0.717, 1.165) is 11.9 Å². The van der Waals surface area contributed by atoms with Crippen molar-refractivity contribution in [2.75, 3.05) is 19.3 Å². The molecule has 1 aliphatic heterocycles. The van der Waals surface area contributed by atoms with Gasteiger partial charge in [-0.3, -0.25) is 9.78 Å². The van der Waals surface area contributed by atoms with Crippen molar-refractivity contribution in [3.05, 3.63) is 29.6 Å². The normalized spacial score (nSPS) is 17.2. The van der Waals surface area contributed by atoms with Crippen LogP contribution in [-0.2, 0) is 10.0 Å². The Bertz CT molecular complexity index is 575. The Balaban J connectivity index is 1.93. The molecule has 0 radical (unpaired) electrons. The molecule has 0 saturated carbocycles. The van der Waals surface area contributed by atoms with Crippen molar-refractivity contribution < 1.29 is 13.2 Å². The molecular weight excluding hydrogens is 278 g/mol. The lowest BCUT2D eigenvalue weighted by Crippen LogP contribution is -2.46. The Labute approximate surface area is 119 Å². The lowest BCUT2D eigenvalue weighted by Gasteiger charge is -2.32. The molecule has 0 aromatic carbocycles. The van der Waals surface area contributed by atoms with E-state index in [-0.39, 0.29) is 11.9 Å². The molecule has 20 heavy (non-hydrogen) atoms. The summed E-state index contributed by atoms with van der Waals surface area (Å²) in [5.74, 6) is -0.0460. The Kier molecular flexibility index (Phi) is 4.39. The topological polar surface area (TPSA) is 79.4 Å². The largest absolute Gasteiger partial charge is 0.338 e. The molecule has 110 valence electrons. The molecule has 1 aromatic heterocycles. The highest BCUT2D eigenvalue weighted by molar-refractivity contribution is 7.88. The summed E-state index contributed by atoms with van der Waals surface area (Å²) in [6.07, 6.45) is 4.01. The smallest absolute Gasteiger partial charge is 0.255 e. The summed E-state index contributed by atoms with van der Waals surface area (Å²) < 4.78 is 24.9. The van der Waals surface area contributed by atoms with Crippen molar-refractivity contribution >= 4 is 15.9 Å². The maximum Gasteiger partial charge on any atom is 0.255 e. The van der Waals surface area contributed by atoms with Gasteiger partial charge in [0.15, 0.2) is 0 Å². The van der Waals surface area contributed by atoms with Crippen molar-refractivity contribution in [2.24, 2.45) is 0 Å². The van der Waals surface area contributed by atoms with Gasteiger partial charge >= 0.3 is 0 Å². The third-order valence-electron chi connectivity index (χ3n) is 3.32. The fraction of sp³-hybridized carbons (Fsp3) is 0.538. The number of rotatable bonds is 3. The molecule has 2 rings (SSSR count). The molecule has 1 saturated heterocycles. The number of nitrogens with one attached hydrogen (secondary N) is 1. The lowest BCUT2D eigenvalue weighted by atomic mass is 10.1. The number of carbonyl (C=O) groups is 1. The number of piperidine rings is 1. The van der Waals surface area contributed by atoms with Crippen LogP contribution >= 0.6 is 0 Å². The molecule has 2 heterocycles. The van der Waals surface area contributed by atoms with Crippen LogP contribution in [0.2, 0.25) is 0 Å². The number of aromatic nitrogens is 1. The minimum absolute atomic E-state index is 0.0460. The van der Waals surface area contributed by atoms with E-state index in [9.17, 15) is 13.2 Å². The average molecular weight is 297 g/mol. The second-order valence-electron chi connectivity index (χ2n) is 5.14. The number of pyridine rings is 1. The quantitative estimate of drug-likeness (QED) is 0.883. The summed E-state index contributed by atoms with van der Waals surface area (Å²) in [4.78, 5) is 18.1. The van der Waals surface area contributed by atoms with Crippen LogP contribution in [0.15, 0.2) is 18.3 Å². The van der Waals surface area contributed by atoms with E-state index in [1.807, 2.05) is 13.0 Å². The van der Waals surface area contributed by atoms with E-state index in [0.29, 0.717) is 31.5 Å². The fourth-order valence-corrected chi connectivity index (χ4v) is 3.12. The molecule has 1 amide bonds. The average Bonchev–Trinajstić information content (AvgIpc) is 2.38. The molecule has 0 spiro atoms. The molecule has 0 bridgehead atoms. The zero-order valence-electron chi connectivity index (χ0n) is 11.7. The monoisotopic (exact) mass is 297 g/mol. The van der Waals surface area contributed by atoms with E-state index >= 15 is 0 Å². The van der Waals surface area contributed by atoms with Crippen molar-refractivity contribution in [3.63, 3.8) is 0 Å². The van der Waals surface area contributed by atoms with Crippen LogP contribution in [-0.4, -0.2) is 49.6 Å². The SMILES string of the molecule is Cc1ccc(C(=O)N2CCC(NS(C)(=O)=O)CC2)cn1. The molecule has 6 nitrogen and oxygen atoms in total. The van der Waals surface area contributed by atoms with Gasteiger partial charge in [-0.05, 0) is 31.9 Å². The van der Waals surface area contributed by atoms with Gasteiger partial charge in [-0.2, -0.15) is 0 Å². The summed E-state index contributed by atoms with van der Waals surface area (Å²) in [7, 11) is -3.18. The summed E-state index contributed by atoms with van der Waals surface area (Å²) in [5, 5.41) is 0. The number of sulfonamides is 1. The summed E-state index contributed by atoms with van der Waals surface area (Å²) in [6.45, 7) is 2.98. The zero-order chi connectivity index (χ0) is 14.8. The maximum absolute atomic E-state index is 12.3. The predicted octanol–water partition coefficient (Wildman–Crippen LogP) is 0.544. The third-order valence-corrected chi connectivity index (χ3v) is 4.08. The highest BCUT2D eigenvalue weighted by Gasteiger charge is 2.25. The number of hydrogen-bond acceptors (Lipinski definition) is 4. The molecule has 1 aromatic rings. The summed E-state index contributed by atoms with van der Waals surface area (Å²) >= 11 is 0. The van der Waals surface area contributed by atoms with Gasteiger partial charge in [-0.25, -0.2) is 13.1 Å². The number of aryl methyl sites for hydroxylation is 1. The predicted molar refractivity (Wildman–Crippen MR) is 75.9 cm³/mol. The minimum atomic E-state index is -3.18. The van der Waals surface area contributed by atoms with E-state index in [1.54, 1.807) is 17.2 Å². The van der Waals surface area contributed by atoms with Crippen LogP contribution in [0.4, 0.5) is 0 Å². The number of hydrogen-bond donors (Lipinski definition) is 1. The van der Waals surface area contributed by atoms with Gasteiger partial charge in [0.1, 0.15) is 0 Å². The van der Waals surface area contributed by atoms with Gasteiger partial charge < -0.3 is 4.90 Å². The molecule has 7 heteroatoms. The molecular formula is C13H19N3O3S. The Morgan fingerprint density at radius 1 is 1.35 bits per heavy atom. The van der Waals surface area contributed by atoms with E-state index in [4.69, 9.17) is 0 Å². The molecule has 0 unspecified atom stereocenters. The van der Waals surface area contributed by atoms with Gasteiger partial charge in [-0.15, -0.1) is 0 Å². The number of carbonyl (C=O) groups excluding carboxylic acids is 1. The fourth-order valence-electron chi connectivity index (χ4n) is 2.28. The van der Waals surface area contributed by atoms with Gasteiger partial charge in [-0.1, -0.05) is 0 Å². The van der Waals surface area contributed by atoms with Gasteiger partial charge in [0.2, 0.25) is 10.0 Å². The molecule has 1 aliphatic rings. The van der Waals surface area contributed by atoms with Crippen LogP contribution in [0.3, 0.4) is 0 Å². The molecule has 0 atom stereocenters.